The molecular formula is C10H21NO4. The minimum Gasteiger partial charge on any atom is -0.469 e. The van der Waals surface area contributed by atoms with Crippen molar-refractivity contribution in [2.75, 3.05) is 34.4 Å². The Morgan fingerprint density at radius 1 is 1.47 bits per heavy atom. The minimum absolute atomic E-state index is 0.0453. The van der Waals surface area contributed by atoms with E-state index in [0.29, 0.717) is 19.6 Å². The first-order valence-corrected chi connectivity index (χ1v) is 4.95. The molecule has 90 valence electrons. The van der Waals surface area contributed by atoms with Crippen LogP contribution in [0.1, 0.15) is 13.3 Å². The Hall–Kier alpha value is -0.650. The maximum absolute atomic E-state index is 11.0. The van der Waals surface area contributed by atoms with Gasteiger partial charge in [-0.2, -0.15) is 0 Å². The number of aliphatic hydroxyl groups is 1. The average Bonchev–Trinajstić information content (AvgIpc) is 2.17. The van der Waals surface area contributed by atoms with Crippen LogP contribution < -0.4 is 0 Å². The zero-order valence-corrected chi connectivity index (χ0v) is 9.90. The SMILES string of the molecule is COCC(O)CN(C)C(C)CC(=O)OC. The van der Waals surface area contributed by atoms with Gasteiger partial charge in [-0.1, -0.05) is 0 Å². The molecule has 0 radical (unpaired) electrons. The maximum Gasteiger partial charge on any atom is 0.307 e. The van der Waals surface area contributed by atoms with Crippen molar-refractivity contribution in [3.05, 3.63) is 0 Å². The molecule has 2 atom stereocenters. The predicted molar refractivity (Wildman–Crippen MR) is 56.6 cm³/mol. The summed E-state index contributed by atoms with van der Waals surface area (Å²) in [5.41, 5.74) is 0. The van der Waals surface area contributed by atoms with Crippen LogP contribution in [0.15, 0.2) is 0 Å². The summed E-state index contributed by atoms with van der Waals surface area (Å²) in [5.74, 6) is -0.240. The summed E-state index contributed by atoms with van der Waals surface area (Å²) in [5, 5.41) is 9.48. The molecule has 0 rings (SSSR count). The number of aliphatic hydroxyl groups excluding tert-OH is 1. The fourth-order valence-electron chi connectivity index (χ4n) is 1.24. The number of hydrogen-bond acceptors (Lipinski definition) is 5. The highest BCUT2D eigenvalue weighted by Crippen LogP contribution is 2.03. The van der Waals surface area contributed by atoms with Crippen LogP contribution in [0, 0.1) is 0 Å². The second-order valence-electron chi connectivity index (χ2n) is 3.68. The van der Waals surface area contributed by atoms with Crippen molar-refractivity contribution in [2.45, 2.75) is 25.5 Å². The third-order valence-electron chi connectivity index (χ3n) is 2.30. The second kappa shape index (κ2) is 7.62. The molecular weight excluding hydrogens is 198 g/mol. The molecule has 0 fully saturated rings. The zero-order chi connectivity index (χ0) is 11.8. The molecule has 0 aliphatic heterocycles. The molecule has 0 aromatic rings. The number of rotatable bonds is 7. The topological polar surface area (TPSA) is 59.0 Å². The maximum atomic E-state index is 11.0. The summed E-state index contributed by atoms with van der Waals surface area (Å²) in [6.07, 6.45) is -0.202. The number of esters is 1. The minimum atomic E-state index is -0.528. The van der Waals surface area contributed by atoms with Gasteiger partial charge in [0, 0.05) is 19.7 Å². The van der Waals surface area contributed by atoms with Crippen molar-refractivity contribution in [3.8, 4) is 0 Å². The molecule has 0 heterocycles. The summed E-state index contributed by atoms with van der Waals surface area (Å²) in [6.45, 7) is 2.69. The number of likely N-dealkylation sites (N-methyl/N-ethyl adjacent to an activating group) is 1. The highest BCUT2D eigenvalue weighted by atomic mass is 16.5. The Morgan fingerprint density at radius 3 is 2.53 bits per heavy atom. The van der Waals surface area contributed by atoms with Crippen LogP contribution >= 0.6 is 0 Å². The highest BCUT2D eigenvalue weighted by Gasteiger charge is 2.16. The molecule has 0 bridgehead atoms. The van der Waals surface area contributed by atoms with E-state index in [0.717, 1.165) is 0 Å². The number of methoxy groups -OCH3 is 2. The summed E-state index contributed by atoms with van der Waals surface area (Å²) in [4.78, 5) is 12.9. The highest BCUT2D eigenvalue weighted by molar-refractivity contribution is 5.69. The van der Waals surface area contributed by atoms with Crippen molar-refractivity contribution >= 4 is 5.97 Å². The Labute approximate surface area is 91.0 Å². The molecule has 0 saturated heterocycles. The van der Waals surface area contributed by atoms with Crippen molar-refractivity contribution < 1.29 is 19.4 Å². The molecule has 5 nitrogen and oxygen atoms in total. The molecule has 15 heavy (non-hydrogen) atoms. The van der Waals surface area contributed by atoms with Gasteiger partial charge in [0.1, 0.15) is 0 Å². The molecule has 0 amide bonds. The van der Waals surface area contributed by atoms with E-state index in [-0.39, 0.29) is 12.0 Å². The second-order valence-corrected chi connectivity index (χ2v) is 3.68. The van der Waals surface area contributed by atoms with Crippen molar-refractivity contribution in [1.82, 2.24) is 4.90 Å². The Balaban J connectivity index is 3.87. The van der Waals surface area contributed by atoms with Gasteiger partial charge in [0.2, 0.25) is 0 Å². The van der Waals surface area contributed by atoms with E-state index in [2.05, 4.69) is 4.74 Å². The third-order valence-corrected chi connectivity index (χ3v) is 2.30. The van der Waals surface area contributed by atoms with Gasteiger partial charge in [-0.15, -0.1) is 0 Å². The van der Waals surface area contributed by atoms with Crippen LogP contribution in [0.3, 0.4) is 0 Å². The van der Waals surface area contributed by atoms with Gasteiger partial charge in [0.25, 0.3) is 0 Å². The van der Waals surface area contributed by atoms with Crippen LogP contribution in [0.5, 0.6) is 0 Å². The van der Waals surface area contributed by atoms with Gasteiger partial charge in [0.15, 0.2) is 0 Å². The molecule has 1 N–H and O–H groups in total. The predicted octanol–water partition coefficient (Wildman–Crippen LogP) is -0.123. The number of hydrogen-bond donors (Lipinski definition) is 1. The van der Waals surface area contributed by atoms with Crippen molar-refractivity contribution in [3.63, 3.8) is 0 Å². The number of ether oxygens (including phenoxy) is 2. The van der Waals surface area contributed by atoms with Crippen LogP contribution in [0.4, 0.5) is 0 Å². The van der Waals surface area contributed by atoms with Crippen LogP contribution in [-0.2, 0) is 14.3 Å². The van der Waals surface area contributed by atoms with Gasteiger partial charge in [-0.3, -0.25) is 4.79 Å². The Morgan fingerprint density at radius 2 is 2.07 bits per heavy atom. The average molecular weight is 219 g/mol. The summed E-state index contributed by atoms with van der Waals surface area (Å²) >= 11 is 0. The summed E-state index contributed by atoms with van der Waals surface area (Å²) in [6, 6.07) is 0.0453. The standard InChI is InChI=1S/C10H21NO4/c1-8(5-10(13)15-4)11(2)6-9(12)7-14-3/h8-9,12H,5-7H2,1-4H3. The van der Waals surface area contributed by atoms with Crippen molar-refractivity contribution in [1.29, 1.82) is 0 Å². The van der Waals surface area contributed by atoms with E-state index in [1.54, 1.807) is 7.11 Å². The summed E-state index contributed by atoms with van der Waals surface area (Å²) < 4.78 is 9.39. The lowest BCUT2D eigenvalue weighted by Gasteiger charge is -2.25. The summed E-state index contributed by atoms with van der Waals surface area (Å²) in [7, 11) is 4.77. The molecule has 2 unspecified atom stereocenters. The normalized spacial score (nSPS) is 15.1. The van der Waals surface area contributed by atoms with Crippen LogP contribution in [-0.4, -0.2) is 62.5 Å². The largest absolute Gasteiger partial charge is 0.469 e. The monoisotopic (exact) mass is 219 g/mol. The van der Waals surface area contributed by atoms with E-state index in [9.17, 15) is 9.90 Å². The number of carbonyl (C=O) groups excluding carboxylic acids is 1. The fraction of sp³-hybridized carbons (Fsp3) is 0.900. The van der Waals surface area contributed by atoms with E-state index in [1.165, 1.54) is 7.11 Å². The van der Waals surface area contributed by atoms with Gasteiger partial charge >= 0.3 is 5.97 Å². The quantitative estimate of drug-likeness (QED) is 0.605. The van der Waals surface area contributed by atoms with Crippen LogP contribution in [0.2, 0.25) is 0 Å². The lowest BCUT2D eigenvalue weighted by molar-refractivity contribution is -0.141. The number of carbonyl (C=O) groups is 1. The first kappa shape index (κ1) is 14.3. The smallest absolute Gasteiger partial charge is 0.307 e. The van der Waals surface area contributed by atoms with E-state index >= 15 is 0 Å². The molecule has 0 aliphatic carbocycles. The van der Waals surface area contributed by atoms with Gasteiger partial charge in [-0.05, 0) is 14.0 Å². The molecule has 0 aromatic carbocycles. The third kappa shape index (κ3) is 6.43. The Kier molecular flexibility index (Phi) is 7.29. The molecule has 0 aromatic heterocycles. The van der Waals surface area contributed by atoms with Crippen molar-refractivity contribution in [2.24, 2.45) is 0 Å². The van der Waals surface area contributed by atoms with Crippen LogP contribution in [0.25, 0.3) is 0 Å². The lowest BCUT2D eigenvalue weighted by Crippen LogP contribution is -2.38. The van der Waals surface area contributed by atoms with Gasteiger partial charge in [-0.25, -0.2) is 0 Å². The Bertz CT molecular complexity index is 186. The first-order valence-electron chi connectivity index (χ1n) is 4.95. The van der Waals surface area contributed by atoms with E-state index in [4.69, 9.17) is 4.74 Å². The number of nitrogens with zero attached hydrogens (tertiary/aromatic N) is 1. The van der Waals surface area contributed by atoms with E-state index < -0.39 is 6.10 Å². The van der Waals surface area contributed by atoms with Gasteiger partial charge in [0.05, 0.1) is 26.2 Å². The molecule has 0 spiro atoms. The van der Waals surface area contributed by atoms with E-state index in [1.807, 2.05) is 18.9 Å². The lowest BCUT2D eigenvalue weighted by atomic mass is 10.2. The molecule has 0 saturated carbocycles. The fourth-order valence-corrected chi connectivity index (χ4v) is 1.24. The first-order chi connectivity index (χ1) is 7.01. The zero-order valence-electron chi connectivity index (χ0n) is 9.90. The van der Waals surface area contributed by atoms with Gasteiger partial charge < -0.3 is 19.5 Å². The molecule has 0 aliphatic rings. The molecule has 5 heteroatoms.